The summed E-state index contributed by atoms with van der Waals surface area (Å²) in [5.74, 6) is 0. The lowest BCUT2D eigenvalue weighted by molar-refractivity contribution is 0.252. The van der Waals surface area contributed by atoms with Gasteiger partial charge in [-0.05, 0) is 25.7 Å². The van der Waals surface area contributed by atoms with E-state index >= 15 is 0 Å². The summed E-state index contributed by atoms with van der Waals surface area (Å²) in [5, 5.41) is 19.9. The van der Waals surface area contributed by atoms with Crippen molar-refractivity contribution >= 4 is 24.5 Å². The Balaban J connectivity index is 3.53. The molecule has 8 heteroatoms. The van der Waals surface area contributed by atoms with Crippen molar-refractivity contribution in [2.24, 2.45) is 9.98 Å². The Morgan fingerprint density at radius 1 is 0.944 bits per heavy atom. The molecule has 0 aliphatic carbocycles. The first kappa shape index (κ1) is 15.3. The third-order valence-electron chi connectivity index (χ3n) is 1.66. The number of rotatable bonds is 5. The number of unbranched alkanes of at least 4 members (excludes halogenated alkanes) is 3. The number of hydrogen-bond acceptors (Lipinski definition) is 4. The van der Waals surface area contributed by atoms with Crippen LogP contribution in [0.2, 0.25) is 0 Å². The zero-order chi connectivity index (χ0) is 13.6. The molecule has 0 unspecified atom stereocenters. The molecule has 0 saturated carbocycles. The molecule has 94 valence electrons. The lowest BCUT2D eigenvalue weighted by Crippen LogP contribution is -2.12. The molecular weight excluding hydrogens is 236 g/mol. The Labute approximate surface area is 104 Å². The van der Waals surface area contributed by atoms with Crippen LogP contribution in [0, 0.1) is 22.9 Å². The highest BCUT2D eigenvalue weighted by molar-refractivity contribution is 5.85. The van der Waals surface area contributed by atoms with Gasteiger partial charge in [0.25, 0.3) is 0 Å². The monoisotopic (exact) mass is 248 g/mol. The molecule has 0 atom stereocenters. The molecule has 0 bridgehead atoms. The van der Waals surface area contributed by atoms with Crippen LogP contribution in [-0.4, -0.2) is 24.5 Å². The second-order valence-corrected chi connectivity index (χ2v) is 2.99. The number of carbonyl (C=O) groups excluding carboxylic acids is 2. The van der Waals surface area contributed by atoms with E-state index in [1.807, 2.05) is 10.6 Å². The molecule has 8 nitrogen and oxygen atoms in total. The maximum atomic E-state index is 10.7. The van der Waals surface area contributed by atoms with Crippen LogP contribution < -0.4 is 10.6 Å². The number of carbonyl (C=O) groups is 2. The van der Waals surface area contributed by atoms with Gasteiger partial charge in [0.1, 0.15) is 0 Å². The fourth-order valence-corrected chi connectivity index (χ4v) is 0.926. The van der Waals surface area contributed by atoms with Crippen molar-refractivity contribution in [1.82, 2.24) is 10.6 Å². The summed E-state index contributed by atoms with van der Waals surface area (Å²) < 4.78 is 0. The van der Waals surface area contributed by atoms with E-state index < -0.39 is 12.1 Å². The molecule has 0 heterocycles. The molecule has 0 spiro atoms. The minimum atomic E-state index is -0.688. The van der Waals surface area contributed by atoms with Gasteiger partial charge < -0.3 is 0 Å². The van der Waals surface area contributed by atoms with Crippen LogP contribution in [0.5, 0.6) is 0 Å². The Morgan fingerprint density at radius 3 is 1.67 bits per heavy atom. The van der Waals surface area contributed by atoms with E-state index in [4.69, 9.17) is 10.5 Å². The smallest absolute Gasteiger partial charge is 0.245 e. The molecule has 4 amide bonds. The molecule has 0 aromatic heterocycles. The van der Waals surface area contributed by atoms with Crippen LogP contribution >= 0.6 is 0 Å². The first-order chi connectivity index (χ1) is 8.70. The van der Waals surface area contributed by atoms with E-state index in [0.717, 1.165) is 12.8 Å². The highest BCUT2D eigenvalue weighted by Crippen LogP contribution is 1.96. The molecule has 0 aromatic carbocycles. The molecule has 0 aliphatic heterocycles. The van der Waals surface area contributed by atoms with Crippen LogP contribution in [0.15, 0.2) is 9.98 Å². The Morgan fingerprint density at radius 2 is 1.33 bits per heavy atom. The van der Waals surface area contributed by atoms with Crippen LogP contribution in [0.25, 0.3) is 0 Å². The molecule has 0 radical (unpaired) electrons. The molecule has 0 fully saturated rings. The summed E-state index contributed by atoms with van der Waals surface area (Å²) in [6.45, 7) is 0. The summed E-state index contributed by atoms with van der Waals surface area (Å²) in [4.78, 5) is 28.3. The van der Waals surface area contributed by atoms with Gasteiger partial charge in [0.05, 0.1) is 0 Å². The summed E-state index contributed by atoms with van der Waals surface area (Å²) in [7, 11) is 0. The van der Waals surface area contributed by atoms with Crippen LogP contribution in [0.3, 0.4) is 0 Å². The van der Waals surface area contributed by atoms with E-state index in [9.17, 15) is 9.59 Å². The molecule has 0 rings (SSSR count). The standard InChI is InChI=1S/C10H12N6O2/c11-7-15-9(17)13-5-3-1-2-4-6-14-10(18)16-8-12/h5-6H,1-4H2,(H,15,17)(H,16,18). The van der Waals surface area contributed by atoms with Gasteiger partial charge in [-0.15, -0.1) is 0 Å². The lowest BCUT2D eigenvalue weighted by atomic mass is 10.2. The maximum Gasteiger partial charge on any atom is 0.353 e. The van der Waals surface area contributed by atoms with Gasteiger partial charge in [-0.2, -0.15) is 10.5 Å². The summed E-state index contributed by atoms with van der Waals surface area (Å²) in [5.41, 5.74) is 0. The van der Waals surface area contributed by atoms with Crippen LogP contribution in [-0.2, 0) is 0 Å². The normalized spacial score (nSPS) is 9.89. The van der Waals surface area contributed by atoms with Crippen molar-refractivity contribution in [1.29, 1.82) is 10.5 Å². The van der Waals surface area contributed by atoms with E-state index in [2.05, 4.69) is 9.98 Å². The van der Waals surface area contributed by atoms with Crippen molar-refractivity contribution in [3.63, 3.8) is 0 Å². The van der Waals surface area contributed by atoms with E-state index in [1.54, 1.807) is 0 Å². The van der Waals surface area contributed by atoms with Gasteiger partial charge >= 0.3 is 12.1 Å². The van der Waals surface area contributed by atoms with Gasteiger partial charge in [-0.25, -0.2) is 30.2 Å². The first-order valence-corrected chi connectivity index (χ1v) is 5.14. The number of nitriles is 2. The number of amides is 4. The average molecular weight is 248 g/mol. The number of urea groups is 2. The quantitative estimate of drug-likeness (QED) is 0.326. The molecule has 0 aliphatic rings. The largest absolute Gasteiger partial charge is 0.353 e. The van der Waals surface area contributed by atoms with Crippen molar-refractivity contribution in [3.05, 3.63) is 0 Å². The fraction of sp³-hybridized carbons (Fsp3) is 0.400. The summed E-state index contributed by atoms with van der Waals surface area (Å²) in [6.07, 6.45) is 8.51. The Kier molecular flexibility index (Phi) is 9.13. The van der Waals surface area contributed by atoms with E-state index in [1.165, 1.54) is 24.8 Å². The van der Waals surface area contributed by atoms with E-state index in [-0.39, 0.29) is 0 Å². The first-order valence-electron chi connectivity index (χ1n) is 5.14. The third-order valence-corrected chi connectivity index (χ3v) is 1.66. The van der Waals surface area contributed by atoms with Crippen LogP contribution in [0.1, 0.15) is 25.7 Å². The zero-order valence-corrected chi connectivity index (χ0v) is 9.59. The van der Waals surface area contributed by atoms with Gasteiger partial charge in [-0.1, -0.05) is 0 Å². The molecular formula is C10H12N6O2. The highest BCUT2D eigenvalue weighted by atomic mass is 16.2. The lowest BCUT2D eigenvalue weighted by Gasteiger charge is -1.92. The molecule has 0 saturated heterocycles. The van der Waals surface area contributed by atoms with Gasteiger partial charge in [0.15, 0.2) is 12.4 Å². The SMILES string of the molecule is N#CNC(=O)N=CCCCCC=NC(=O)NC#N. The number of aliphatic imine (C=N–C) groups is 2. The number of nitrogens with zero attached hydrogens (tertiary/aromatic N) is 4. The molecule has 18 heavy (non-hydrogen) atoms. The van der Waals surface area contributed by atoms with Gasteiger partial charge in [-0.3, -0.25) is 0 Å². The topological polar surface area (TPSA) is 130 Å². The van der Waals surface area contributed by atoms with Gasteiger partial charge in [0, 0.05) is 12.4 Å². The van der Waals surface area contributed by atoms with Gasteiger partial charge in [0.2, 0.25) is 0 Å². The summed E-state index contributed by atoms with van der Waals surface area (Å²) in [6, 6.07) is -1.38. The number of hydrogen-bond donors (Lipinski definition) is 2. The minimum absolute atomic E-state index is 0.594. The van der Waals surface area contributed by atoms with Crippen molar-refractivity contribution in [3.8, 4) is 12.4 Å². The van der Waals surface area contributed by atoms with Crippen molar-refractivity contribution in [2.75, 3.05) is 0 Å². The second kappa shape index (κ2) is 10.8. The Bertz CT molecular complexity index is 375. The average Bonchev–Trinajstić information content (AvgIpc) is 2.33. The van der Waals surface area contributed by atoms with Crippen molar-refractivity contribution < 1.29 is 9.59 Å². The number of nitrogens with one attached hydrogen (secondary N) is 2. The minimum Gasteiger partial charge on any atom is -0.245 e. The predicted molar refractivity (Wildman–Crippen MR) is 63.7 cm³/mol. The zero-order valence-electron chi connectivity index (χ0n) is 9.59. The second-order valence-electron chi connectivity index (χ2n) is 2.99. The predicted octanol–water partition coefficient (Wildman–Crippen LogP) is 1.07. The molecule has 0 aromatic rings. The van der Waals surface area contributed by atoms with Crippen molar-refractivity contribution in [2.45, 2.75) is 25.7 Å². The third kappa shape index (κ3) is 9.80. The maximum absolute atomic E-state index is 10.7. The molecule has 2 N–H and O–H groups in total. The fourth-order valence-electron chi connectivity index (χ4n) is 0.926. The van der Waals surface area contributed by atoms with E-state index in [0.29, 0.717) is 12.8 Å². The Hall–Kier alpha value is -2.74. The summed E-state index contributed by atoms with van der Waals surface area (Å²) >= 11 is 0. The van der Waals surface area contributed by atoms with Crippen LogP contribution in [0.4, 0.5) is 9.59 Å². The highest BCUT2D eigenvalue weighted by Gasteiger charge is 1.93.